The zero-order chi connectivity index (χ0) is 18.0. The normalized spacial score (nSPS) is 16.1. The Morgan fingerprint density at radius 1 is 1.24 bits per heavy atom. The SMILES string of the molecule is Cc1ccc2ncc(NC3CCN(C(=O)OC(C)(C)C)CC3)cc2c1. The molecular weight excluding hydrogens is 314 g/mol. The quantitative estimate of drug-likeness (QED) is 0.882. The number of carbonyl (C=O) groups excluding carboxylic acids is 1. The van der Waals surface area contributed by atoms with E-state index in [1.54, 1.807) is 4.90 Å². The van der Waals surface area contributed by atoms with E-state index in [1.807, 2.05) is 33.0 Å². The first-order valence-electron chi connectivity index (χ1n) is 8.91. The summed E-state index contributed by atoms with van der Waals surface area (Å²) in [6.45, 7) is 9.21. The Morgan fingerprint density at radius 2 is 1.96 bits per heavy atom. The summed E-state index contributed by atoms with van der Waals surface area (Å²) in [4.78, 5) is 18.5. The standard InChI is InChI=1S/C20H27N3O2/c1-14-5-6-18-15(11-14)12-17(13-21-18)22-16-7-9-23(10-8-16)19(24)25-20(2,3)4/h5-6,11-13,16,22H,7-10H2,1-4H3. The fourth-order valence-electron chi connectivity index (χ4n) is 3.10. The molecule has 0 saturated carbocycles. The van der Waals surface area contributed by atoms with Crippen LogP contribution in [0, 0.1) is 6.92 Å². The van der Waals surface area contributed by atoms with Crippen LogP contribution in [0.5, 0.6) is 0 Å². The number of piperidine rings is 1. The number of rotatable bonds is 2. The number of pyridine rings is 1. The van der Waals surface area contributed by atoms with Crippen LogP contribution in [0.15, 0.2) is 30.5 Å². The zero-order valence-electron chi connectivity index (χ0n) is 15.5. The minimum atomic E-state index is -0.443. The average molecular weight is 341 g/mol. The van der Waals surface area contributed by atoms with E-state index < -0.39 is 5.60 Å². The van der Waals surface area contributed by atoms with Crippen LogP contribution in [-0.4, -0.2) is 40.7 Å². The molecule has 1 N–H and O–H groups in total. The maximum Gasteiger partial charge on any atom is 0.410 e. The molecule has 2 aromatic rings. The topological polar surface area (TPSA) is 54.5 Å². The molecule has 1 aliphatic heterocycles. The molecule has 1 aromatic carbocycles. The minimum absolute atomic E-state index is 0.214. The highest BCUT2D eigenvalue weighted by Crippen LogP contribution is 2.22. The van der Waals surface area contributed by atoms with Crippen LogP contribution in [0.4, 0.5) is 10.5 Å². The largest absolute Gasteiger partial charge is 0.444 e. The molecule has 25 heavy (non-hydrogen) atoms. The number of fused-ring (bicyclic) bond motifs is 1. The predicted molar refractivity (Wildman–Crippen MR) is 101 cm³/mol. The van der Waals surface area contributed by atoms with E-state index in [0.29, 0.717) is 19.1 Å². The third-order valence-corrected chi connectivity index (χ3v) is 4.35. The first-order valence-corrected chi connectivity index (χ1v) is 8.91. The van der Waals surface area contributed by atoms with E-state index in [2.05, 4.69) is 35.4 Å². The van der Waals surface area contributed by atoms with Crippen molar-refractivity contribution in [2.45, 2.75) is 52.2 Å². The van der Waals surface area contributed by atoms with Gasteiger partial charge in [-0.15, -0.1) is 0 Å². The van der Waals surface area contributed by atoms with Crippen molar-refractivity contribution in [1.82, 2.24) is 9.88 Å². The van der Waals surface area contributed by atoms with Gasteiger partial charge in [0.2, 0.25) is 0 Å². The van der Waals surface area contributed by atoms with Gasteiger partial charge < -0.3 is 15.0 Å². The molecule has 0 aliphatic carbocycles. The summed E-state index contributed by atoms with van der Waals surface area (Å²) in [5.74, 6) is 0. The van der Waals surface area contributed by atoms with Crippen LogP contribution in [0.1, 0.15) is 39.2 Å². The Bertz CT molecular complexity index is 759. The zero-order valence-corrected chi connectivity index (χ0v) is 15.5. The Hall–Kier alpha value is -2.30. The summed E-state index contributed by atoms with van der Waals surface area (Å²) in [6.07, 6.45) is 3.49. The van der Waals surface area contributed by atoms with E-state index in [1.165, 1.54) is 5.56 Å². The van der Waals surface area contributed by atoms with Crippen LogP contribution in [0.25, 0.3) is 10.9 Å². The van der Waals surface area contributed by atoms with Gasteiger partial charge in [0.05, 0.1) is 17.4 Å². The van der Waals surface area contributed by atoms with E-state index in [4.69, 9.17) is 4.74 Å². The van der Waals surface area contributed by atoms with Crippen LogP contribution in [-0.2, 0) is 4.74 Å². The van der Waals surface area contributed by atoms with Gasteiger partial charge in [0, 0.05) is 24.5 Å². The molecule has 1 fully saturated rings. The van der Waals surface area contributed by atoms with Crippen LogP contribution >= 0.6 is 0 Å². The molecule has 1 saturated heterocycles. The molecule has 2 heterocycles. The highest BCUT2D eigenvalue weighted by Gasteiger charge is 2.26. The Balaban J connectivity index is 1.58. The number of nitrogens with zero attached hydrogens (tertiary/aromatic N) is 2. The van der Waals surface area contributed by atoms with Crippen LogP contribution in [0.3, 0.4) is 0 Å². The fraction of sp³-hybridized carbons (Fsp3) is 0.500. The molecular formula is C20H27N3O2. The van der Waals surface area contributed by atoms with Gasteiger partial charge in [-0.25, -0.2) is 4.79 Å². The molecule has 3 rings (SSSR count). The lowest BCUT2D eigenvalue weighted by atomic mass is 10.0. The summed E-state index contributed by atoms with van der Waals surface area (Å²) in [5.41, 5.74) is 2.84. The minimum Gasteiger partial charge on any atom is -0.444 e. The number of hydrogen-bond acceptors (Lipinski definition) is 4. The van der Waals surface area contributed by atoms with Crippen LogP contribution < -0.4 is 5.32 Å². The third-order valence-electron chi connectivity index (χ3n) is 4.35. The van der Waals surface area contributed by atoms with Crippen molar-refractivity contribution >= 4 is 22.7 Å². The van der Waals surface area contributed by atoms with Gasteiger partial charge in [0.15, 0.2) is 0 Å². The van der Waals surface area contributed by atoms with Crippen molar-refractivity contribution in [2.24, 2.45) is 0 Å². The molecule has 0 radical (unpaired) electrons. The fourth-order valence-corrected chi connectivity index (χ4v) is 3.10. The second-order valence-electron chi connectivity index (χ2n) is 7.81. The average Bonchev–Trinajstić information content (AvgIpc) is 2.53. The number of amides is 1. The summed E-state index contributed by atoms with van der Waals surface area (Å²) < 4.78 is 5.45. The summed E-state index contributed by atoms with van der Waals surface area (Å²) in [6, 6.07) is 8.78. The van der Waals surface area contributed by atoms with Gasteiger partial charge in [0.25, 0.3) is 0 Å². The van der Waals surface area contributed by atoms with E-state index >= 15 is 0 Å². The van der Waals surface area contributed by atoms with Gasteiger partial charge in [-0.3, -0.25) is 4.98 Å². The Morgan fingerprint density at radius 3 is 2.64 bits per heavy atom. The van der Waals surface area contributed by atoms with Crippen molar-refractivity contribution in [2.75, 3.05) is 18.4 Å². The molecule has 1 amide bonds. The van der Waals surface area contributed by atoms with Crippen molar-refractivity contribution in [1.29, 1.82) is 0 Å². The highest BCUT2D eigenvalue weighted by atomic mass is 16.6. The number of aryl methyl sites for hydroxylation is 1. The van der Waals surface area contributed by atoms with Gasteiger partial charge in [-0.05, 0) is 58.7 Å². The Labute approximate surface area is 149 Å². The van der Waals surface area contributed by atoms with Crippen LogP contribution in [0.2, 0.25) is 0 Å². The van der Waals surface area contributed by atoms with Crippen molar-refractivity contribution in [3.05, 3.63) is 36.0 Å². The monoisotopic (exact) mass is 341 g/mol. The Kier molecular flexibility index (Phi) is 4.84. The maximum absolute atomic E-state index is 12.1. The summed E-state index contributed by atoms with van der Waals surface area (Å²) >= 11 is 0. The number of hydrogen-bond donors (Lipinski definition) is 1. The van der Waals surface area contributed by atoms with Crippen molar-refractivity contribution in [3.63, 3.8) is 0 Å². The number of benzene rings is 1. The van der Waals surface area contributed by atoms with Gasteiger partial charge in [0.1, 0.15) is 5.60 Å². The lowest BCUT2D eigenvalue weighted by Crippen LogP contribution is -2.44. The number of likely N-dealkylation sites (tertiary alicyclic amines) is 1. The molecule has 0 atom stereocenters. The molecule has 134 valence electrons. The molecule has 0 unspecified atom stereocenters. The molecule has 0 spiro atoms. The van der Waals surface area contributed by atoms with Gasteiger partial charge in [-0.2, -0.15) is 0 Å². The molecule has 1 aliphatic rings. The lowest BCUT2D eigenvalue weighted by molar-refractivity contribution is 0.0210. The van der Waals surface area contributed by atoms with Gasteiger partial charge in [-0.1, -0.05) is 11.6 Å². The van der Waals surface area contributed by atoms with Crippen molar-refractivity contribution in [3.8, 4) is 0 Å². The lowest BCUT2D eigenvalue weighted by Gasteiger charge is -2.34. The highest BCUT2D eigenvalue weighted by molar-refractivity contribution is 5.82. The predicted octanol–water partition coefficient (Wildman–Crippen LogP) is 4.35. The first-order chi connectivity index (χ1) is 11.8. The molecule has 1 aromatic heterocycles. The number of anilines is 1. The van der Waals surface area contributed by atoms with Crippen molar-refractivity contribution < 1.29 is 9.53 Å². The number of ether oxygens (including phenoxy) is 1. The number of nitrogens with one attached hydrogen (secondary N) is 1. The number of carbonyl (C=O) groups is 1. The summed E-state index contributed by atoms with van der Waals surface area (Å²) in [5, 5.41) is 4.71. The second-order valence-corrected chi connectivity index (χ2v) is 7.81. The van der Waals surface area contributed by atoms with Gasteiger partial charge >= 0.3 is 6.09 Å². The molecule has 5 nitrogen and oxygen atoms in total. The second kappa shape index (κ2) is 6.90. The third kappa shape index (κ3) is 4.62. The number of aromatic nitrogens is 1. The first kappa shape index (κ1) is 17.5. The maximum atomic E-state index is 12.1. The molecule has 0 bridgehead atoms. The van der Waals surface area contributed by atoms with E-state index in [9.17, 15) is 4.79 Å². The van der Waals surface area contributed by atoms with E-state index in [0.717, 1.165) is 29.4 Å². The van der Waals surface area contributed by atoms with E-state index in [-0.39, 0.29) is 6.09 Å². The molecule has 5 heteroatoms. The summed E-state index contributed by atoms with van der Waals surface area (Å²) in [7, 11) is 0. The smallest absolute Gasteiger partial charge is 0.410 e.